The summed E-state index contributed by atoms with van der Waals surface area (Å²) in [6.45, 7) is 1.71. The van der Waals surface area contributed by atoms with Gasteiger partial charge in [0.15, 0.2) is 0 Å². The van der Waals surface area contributed by atoms with Crippen LogP contribution in [0.3, 0.4) is 0 Å². The number of aromatic nitrogens is 2. The zero-order valence-corrected chi connectivity index (χ0v) is 12.3. The molecule has 0 radical (unpaired) electrons. The lowest BCUT2D eigenvalue weighted by atomic mass is 10.2. The zero-order valence-electron chi connectivity index (χ0n) is 11.4. The van der Waals surface area contributed by atoms with Gasteiger partial charge >= 0.3 is 5.22 Å². The van der Waals surface area contributed by atoms with Crippen LogP contribution in [0, 0.1) is 0 Å². The van der Waals surface area contributed by atoms with Crippen molar-refractivity contribution in [2.45, 2.75) is 24.3 Å². The maximum Gasteiger partial charge on any atom is 0.335 e. The van der Waals surface area contributed by atoms with E-state index < -0.39 is 15.1 Å². The average Bonchev–Trinajstić information content (AvgIpc) is 2.88. The molecule has 112 valence electrons. The monoisotopic (exact) mass is 309 g/mol. The van der Waals surface area contributed by atoms with Gasteiger partial charge in [0.1, 0.15) is 0 Å². The second kappa shape index (κ2) is 6.49. The topological polar surface area (TPSA) is 102 Å². The normalized spacial score (nSPS) is 11.3. The summed E-state index contributed by atoms with van der Waals surface area (Å²) in [6, 6.07) is 8.76. The highest BCUT2D eigenvalue weighted by Gasteiger charge is 2.22. The van der Waals surface area contributed by atoms with Crippen molar-refractivity contribution in [1.29, 1.82) is 0 Å². The first-order valence-electron chi connectivity index (χ1n) is 6.31. The van der Waals surface area contributed by atoms with E-state index in [9.17, 15) is 13.2 Å². The Morgan fingerprint density at radius 3 is 2.62 bits per heavy atom. The molecule has 1 aromatic carbocycles. The molecule has 0 unspecified atom stereocenters. The molecule has 0 aliphatic rings. The molecule has 1 heterocycles. The van der Waals surface area contributed by atoms with E-state index >= 15 is 0 Å². The standard InChI is InChI=1S/C13H15N3O4S/c1-10(17)14-8-7-12-15-16-13(20-12)21(18,19)9-11-5-3-2-4-6-11/h2-6H,7-9H2,1H3,(H,14,17). The molecule has 8 heteroatoms. The van der Waals surface area contributed by atoms with Crippen LogP contribution in [-0.2, 0) is 26.8 Å². The number of nitrogens with zero attached hydrogens (tertiary/aromatic N) is 2. The smallest absolute Gasteiger partial charge is 0.335 e. The molecule has 0 atom stereocenters. The van der Waals surface area contributed by atoms with Crippen molar-refractivity contribution in [2.75, 3.05) is 6.54 Å². The number of hydrogen-bond acceptors (Lipinski definition) is 6. The maximum atomic E-state index is 12.1. The number of benzene rings is 1. The third kappa shape index (κ3) is 4.38. The third-order valence-electron chi connectivity index (χ3n) is 2.63. The molecule has 0 saturated heterocycles. The van der Waals surface area contributed by atoms with Gasteiger partial charge in [-0.05, 0) is 5.56 Å². The Morgan fingerprint density at radius 1 is 1.24 bits per heavy atom. The van der Waals surface area contributed by atoms with Crippen LogP contribution in [0.2, 0.25) is 0 Å². The van der Waals surface area contributed by atoms with Crippen LogP contribution >= 0.6 is 0 Å². The largest absolute Gasteiger partial charge is 0.412 e. The summed E-state index contributed by atoms with van der Waals surface area (Å²) in [6.07, 6.45) is 0.285. The van der Waals surface area contributed by atoms with Crippen molar-refractivity contribution in [3.8, 4) is 0 Å². The van der Waals surface area contributed by atoms with Gasteiger partial charge in [-0.15, -0.1) is 5.10 Å². The minimum absolute atomic E-state index is 0.175. The summed E-state index contributed by atoms with van der Waals surface area (Å²) in [4.78, 5) is 10.7. The number of carbonyl (C=O) groups is 1. The van der Waals surface area contributed by atoms with Crippen molar-refractivity contribution < 1.29 is 17.6 Å². The van der Waals surface area contributed by atoms with E-state index in [-0.39, 0.29) is 24.0 Å². The Kier molecular flexibility index (Phi) is 4.69. The Bertz CT molecular complexity index is 710. The van der Waals surface area contributed by atoms with Gasteiger partial charge in [-0.2, -0.15) is 0 Å². The fourth-order valence-corrected chi connectivity index (χ4v) is 2.81. The van der Waals surface area contributed by atoms with Crippen LogP contribution in [0.5, 0.6) is 0 Å². The Balaban J connectivity index is 2.04. The molecule has 0 spiro atoms. The van der Waals surface area contributed by atoms with Gasteiger partial charge in [-0.1, -0.05) is 35.4 Å². The quantitative estimate of drug-likeness (QED) is 0.843. The molecular formula is C13H15N3O4S. The molecule has 0 aliphatic heterocycles. The molecule has 2 rings (SSSR count). The first-order chi connectivity index (χ1) is 9.97. The summed E-state index contributed by atoms with van der Waals surface area (Å²) in [7, 11) is -3.66. The number of hydrogen-bond donors (Lipinski definition) is 1. The fraction of sp³-hybridized carbons (Fsp3) is 0.308. The Morgan fingerprint density at radius 2 is 1.95 bits per heavy atom. The minimum Gasteiger partial charge on any atom is -0.412 e. The Labute approximate surface area is 122 Å². The number of carbonyl (C=O) groups excluding carboxylic acids is 1. The third-order valence-corrected chi connectivity index (χ3v) is 4.04. The predicted molar refractivity (Wildman–Crippen MR) is 74.0 cm³/mol. The highest BCUT2D eigenvalue weighted by atomic mass is 32.2. The second-order valence-electron chi connectivity index (χ2n) is 4.44. The van der Waals surface area contributed by atoms with Gasteiger partial charge in [0.25, 0.3) is 0 Å². The van der Waals surface area contributed by atoms with Crippen LogP contribution in [0.4, 0.5) is 0 Å². The summed E-state index contributed by atoms with van der Waals surface area (Å²) in [5, 5.41) is 9.41. The lowest BCUT2D eigenvalue weighted by Crippen LogP contribution is -2.22. The Hall–Kier alpha value is -2.22. The van der Waals surface area contributed by atoms with E-state index in [0.717, 1.165) is 0 Å². The average molecular weight is 309 g/mol. The van der Waals surface area contributed by atoms with Crippen LogP contribution in [0.1, 0.15) is 18.4 Å². The van der Waals surface area contributed by atoms with Crippen LogP contribution in [-0.4, -0.2) is 31.1 Å². The lowest BCUT2D eigenvalue weighted by molar-refractivity contribution is -0.118. The highest BCUT2D eigenvalue weighted by molar-refractivity contribution is 7.90. The van der Waals surface area contributed by atoms with Gasteiger partial charge in [0, 0.05) is 19.9 Å². The minimum atomic E-state index is -3.66. The number of nitrogens with one attached hydrogen (secondary N) is 1. The van der Waals surface area contributed by atoms with Crippen molar-refractivity contribution in [1.82, 2.24) is 15.5 Å². The van der Waals surface area contributed by atoms with E-state index in [0.29, 0.717) is 12.1 Å². The first-order valence-corrected chi connectivity index (χ1v) is 7.96. The van der Waals surface area contributed by atoms with E-state index in [4.69, 9.17) is 4.42 Å². The molecule has 1 N–H and O–H groups in total. The number of amides is 1. The second-order valence-corrected chi connectivity index (χ2v) is 6.31. The summed E-state index contributed by atoms with van der Waals surface area (Å²) < 4.78 is 29.4. The van der Waals surface area contributed by atoms with Gasteiger partial charge < -0.3 is 9.73 Å². The molecule has 1 aromatic heterocycles. The molecular weight excluding hydrogens is 294 g/mol. The van der Waals surface area contributed by atoms with Crippen molar-refractivity contribution in [3.63, 3.8) is 0 Å². The van der Waals surface area contributed by atoms with E-state index in [1.807, 2.05) is 6.07 Å². The van der Waals surface area contributed by atoms with Crippen LogP contribution < -0.4 is 5.32 Å². The van der Waals surface area contributed by atoms with Crippen molar-refractivity contribution >= 4 is 15.7 Å². The summed E-state index contributed by atoms with van der Waals surface area (Å²) in [5.41, 5.74) is 0.649. The van der Waals surface area contributed by atoms with Gasteiger partial charge in [0.2, 0.25) is 21.6 Å². The molecule has 0 bridgehead atoms. The predicted octanol–water partition coefficient (Wildman–Crippen LogP) is 0.722. The van der Waals surface area contributed by atoms with Gasteiger partial charge in [-0.3, -0.25) is 4.79 Å². The molecule has 0 saturated carbocycles. The van der Waals surface area contributed by atoms with Crippen molar-refractivity contribution in [2.24, 2.45) is 0 Å². The molecule has 0 aliphatic carbocycles. The number of sulfone groups is 1. The van der Waals surface area contributed by atoms with E-state index in [1.165, 1.54) is 6.92 Å². The SMILES string of the molecule is CC(=O)NCCc1nnc(S(=O)(=O)Cc2ccccc2)o1. The van der Waals surface area contributed by atoms with E-state index in [2.05, 4.69) is 15.5 Å². The molecule has 7 nitrogen and oxygen atoms in total. The zero-order chi connectivity index (χ0) is 15.3. The number of rotatable bonds is 6. The molecule has 0 fully saturated rings. The highest BCUT2D eigenvalue weighted by Crippen LogP contribution is 2.15. The lowest BCUT2D eigenvalue weighted by Gasteiger charge is -1.99. The summed E-state index contributed by atoms with van der Waals surface area (Å²) >= 11 is 0. The van der Waals surface area contributed by atoms with E-state index in [1.54, 1.807) is 24.3 Å². The van der Waals surface area contributed by atoms with Gasteiger partial charge in [0.05, 0.1) is 5.75 Å². The van der Waals surface area contributed by atoms with Crippen LogP contribution in [0.15, 0.2) is 40.0 Å². The molecule has 2 aromatic rings. The fourth-order valence-electron chi connectivity index (χ4n) is 1.67. The molecule has 1 amide bonds. The first kappa shape index (κ1) is 15.2. The maximum absolute atomic E-state index is 12.1. The van der Waals surface area contributed by atoms with Crippen molar-refractivity contribution in [3.05, 3.63) is 41.8 Å². The summed E-state index contributed by atoms with van der Waals surface area (Å²) in [5.74, 6) is -0.192. The van der Waals surface area contributed by atoms with Crippen LogP contribution in [0.25, 0.3) is 0 Å². The molecule has 21 heavy (non-hydrogen) atoms. The van der Waals surface area contributed by atoms with Gasteiger partial charge in [-0.25, -0.2) is 8.42 Å².